The van der Waals surface area contributed by atoms with E-state index in [2.05, 4.69) is 12.2 Å². The Morgan fingerprint density at radius 2 is 2.00 bits per heavy atom. The number of benzene rings is 2. The van der Waals surface area contributed by atoms with Crippen LogP contribution >= 0.6 is 0 Å². The number of aryl methyl sites for hydroxylation is 2. The van der Waals surface area contributed by atoms with Crippen LogP contribution in [0.1, 0.15) is 25.0 Å². The summed E-state index contributed by atoms with van der Waals surface area (Å²) in [5.74, 6) is 0.183. The average Bonchev–Trinajstić information content (AvgIpc) is 2.62. The van der Waals surface area contributed by atoms with Gasteiger partial charge in [-0.05, 0) is 43.5 Å². The Morgan fingerprint density at radius 1 is 1.24 bits per heavy atom. The molecule has 1 unspecified atom stereocenters. The van der Waals surface area contributed by atoms with Gasteiger partial charge in [0.1, 0.15) is 11.8 Å². The van der Waals surface area contributed by atoms with Gasteiger partial charge in [0.25, 0.3) is 5.91 Å². The van der Waals surface area contributed by atoms with Crippen molar-refractivity contribution in [1.29, 1.82) is 0 Å². The van der Waals surface area contributed by atoms with Gasteiger partial charge in [-0.2, -0.15) is 0 Å². The van der Waals surface area contributed by atoms with Crippen LogP contribution in [0, 0.1) is 6.92 Å². The molecule has 0 aliphatic carbocycles. The number of amides is 2. The zero-order chi connectivity index (χ0) is 18.0. The molecule has 0 saturated carbocycles. The first-order valence-electron chi connectivity index (χ1n) is 8.46. The number of fused-ring (bicyclic) bond motifs is 1. The molecule has 1 N–H and O–H groups in total. The summed E-state index contributed by atoms with van der Waals surface area (Å²) < 4.78 is 5.45. The van der Waals surface area contributed by atoms with Crippen LogP contribution in [-0.4, -0.2) is 24.5 Å². The monoisotopic (exact) mass is 338 g/mol. The number of ether oxygens (including phenoxy) is 1. The minimum atomic E-state index is -0.637. The highest BCUT2D eigenvalue weighted by Crippen LogP contribution is 2.33. The van der Waals surface area contributed by atoms with Crippen LogP contribution in [0.2, 0.25) is 0 Å². The number of hydrogen-bond acceptors (Lipinski definition) is 3. The van der Waals surface area contributed by atoms with Crippen molar-refractivity contribution in [2.45, 2.75) is 33.2 Å². The second-order valence-corrected chi connectivity index (χ2v) is 6.15. The van der Waals surface area contributed by atoms with Gasteiger partial charge in [0.05, 0.1) is 5.69 Å². The quantitative estimate of drug-likeness (QED) is 0.930. The highest BCUT2D eigenvalue weighted by Gasteiger charge is 2.33. The fraction of sp³-hybridized carbons (Fsp3) is 0.300. The van der Waals surface area contributed by atoms with Crippen LogP contribution < -0.4 is 15.0 Å². The van der Waals surface area contributed by atoms with Crippen molar-refractivity contribution in [3.05, 3.63) is 53.6 Å². The predicted molar refractivity (Wildman–Crippen MR) is 98.1 cm³/mol. The van der Waals surface area contributed by atoms with Crippen LogP contribution in [0.4, 0.5) is 11.4 Å². The molecular weight excluding hydrogens is 316 g/mol. The molecule has 1 aliphatic rings. The van der Waals surface area contributed by atoms with Gasteiger partial charge in [0.2, 0.25) is 5.91 Å². The van der Waals surface area contributed by atoms with Gasteiger partial charge < -0.3 is 10.1 Å². The summed E-state index contributed by atoms with van der Waals surface area (Å²) in [4.78, 5) is 26.7. The first kappa shape index (κ1) is 17.0. The van der Waals surface area contributed by atoms with E-state index in [-0.39, 0.29) is 18.4 Å². The lowest BCUT2D eigenvalue weighted by atomic mass is 10.1. The van der Waals surface area contributed by atoms with Gasteiger partial charge in [-0.25, -0.2) is 0 Å². The van der Waals surface area contributed by atoms with Crippen LogP contribution in [-0.2, 0) is 16.0 Å². The van der Waals surface area contributed by atoms with Crippen LogP contribution in [0.25, 0.3) is 0 Å². The van der Waals surface area contributed by atoms with Gasteiger partial charge in [-0.15, -0.1) is 0 Å². The Hall–Kier alpha value is -2.82. The Balaban J connectivity index is 1.88. The predicted octanol–water partition coefficient (Wildman–Crippen LogP) is 3.31. The molecule has 1 heterocycles. The third-order valence-electron chi connectivity index (χ3n) is 4.50. The van der Waals surface area contributed by atoms with E-state index >= 15 is 0 Å². The molecule has 2 aromatic rings. The minimum Gasteiger partial charge on any atom is -0.482 e. The highest BCUT2D eigenvalue weighted by atomic mass is 16.5. The fourth-order valence-electron chi connectivity index (χ4n) is 3.09. The fourth-order valence-corrected chi connectivity index (χ4v) is 3.09. The van der Waals surface area contributed by atoms with E-state index in [4.69, 9.17) is 4.74 Å². The molecule has 2 aromatic carbocycles. The van der Waals surface area contributed by atoms with Crippen molar-refractivity contribution < 1.29 is 14.3 Å². The maximum Gasteiger partial charge on any atom is 0.265 e. The van der Waals surface area contributed by atoms with Crippen molar-refractivity contribution >= 4 is 23.2 Å². The zero-order valence-corrected chi connectivity index (χ0v) is 14.7. The van der Waals surface area contributed by atoms with Gasteiger partial charge >= 0.3 is 0 Å². The Kier molecular flexibility index (Phi) is 4.74. The summed E-state index contributed by atoms with van der Waals surface area (Å²) in [5, 5.41) is 3.00. The van der Waals surface area contributed by atoms with Crippen molar-refractivity contribution in [3.8, 4) is 5.75 Å². The van der Waals surface area contributed by atoms with Gasteiger partial charge in [-0.1, -0.05) is 37.3 Å². The van der Waals surface area contributed by atoms with Crippen molar-refractivity contribution in [2.24, 2.45) is 0 Å². The van der Waals surface area contributed by atoms with E-state index in [0.717, 1.165) is 23.2 Å². The van der Waals surface area contributed by atoms with Gasteiger partial charge in [-0.3, -0.25) is 14.5 Å². The number of rotatable bonds is 4. The molecule has 25 heavy (non-hydrogen) atoms. The van der Waals surface area contributed by atoms with E-state index < -0.39 is 6.04 Å². The number of anilines is 2. The summed E-state index contributed by atoms with van der Waals surface area (Å²) in [5.41, 5.74) is 3.54. The number of para-hydroxylation sites is 3. The van der Waals surface area contributed by atoms with Crippen LogP contribution in [0.5, 0.6) is 5.75 Å². The molecular formula is C20H22N2O3. The lowest BCUT2D eigenvalue weighted by molar-refractivity contribution is -0.125. The second kappa shape index (κ2) is 6.97. The molecule has 5 heteroatoms. The molecule has 0 saturated heterocycles. The van der Waals surface area contributed by atoms with E-state index in [0.29, 0.717) is 11.4 Å². The Morgan fingerprint density at radius 3 is 2.76 bits per heavy atom. The molecule has 1 atom stereocenters. The number of hydrogen-bond donors (Lipinski definition) is 1. The summed E-state index contributed by atoms with van der Waals surface area (Å²) in [7, 11) is 0. The highest BCUT2D eigenvalue weighted by molar-refractivity contribution is 6.07. The molecule has 0 spiro atoms. The van der Waals surface area contributed by atoms with Crippen LogP contribution in [0.3, 0.4) is 0 Å². The summed E-state index contributed by atoms with van der Waals surface area (Å²) in [6, 6.07) is 12.6. The lowest BCUT2D eigenvalue weighted by Gasteiger charge is -2.33. The number of carbonyl (C=O) groups excluding carboxylic acids is 2. The molecule has 0 bridgehead atoms. The van der Waals surface area contributed by atoms with E-state index in [1.165, 1.54) is 4.90 Å². The topological polar surface area (TPSA) is 58.6 Å². The van der Waals surface area contributed by atoms with Gasteiger partial charge in [0.15, 0.2) is 6.61 Å². The molecule has 1 aliphatic heterocycles. The molecule has 5 nitrogen and oxygen atoms in total. The normalized spacial score (nSPS) is 14.5. The first-order chi connectivity index (χ1) is 12.0. The standard InChI is InChI=1S/C20H22N2O3/c1-4-15-9-7-8-13(2)19(15)21-20(24)14(3)22-16-10-5-6-11-17(16)25-12-18(22)23/h5-11,14H,4,12H2,1-3H3,(H,21,24). The molecule has 0 radical (unpaired) electrons. The maximum absolute atomic E-state index is 12.8. The lowest BCUT2D eigenvalue weighted by Crippen LogP contribution is -2.49. The third-order valence-corrected chi connectivity index (χ3v) is 4.50. The SMILES string of the molecule is CCc1cccc(C)c1NC(=O)C(C)N1C(=O)COc2ccccc21. The van der Waals surface area contributed by atoms with Crippen molar-refractivity contribution in [2.75, 3.05) is 16.8 Å². The van der Waals surface area contributed by atoms with Crippen molar-refractivity contribution in [1.82, 2.24) is 0 Å². The van der Waals surface area contributed by atoms with Crippen LogP contribution in [0.15, 0.2) is 42.5 Å². The molecule has 3 rings (SSSR count). The maximum atomic E-state index is 12.8. The molecule has 2 amide bonds. The number of nitrogens with one attached hydrogen (secondary N) is 1. The summed E-state index contributed by atoms with van der Waals surface area (Å²) in [6.45, 7) is 5.70. The average molecular weight is 338 g/mol. The largest absolute Gasteiger partial charge is 0.482 e. The Bertz CT molecular complexity index is 816. The van der Waals surface area contributed by atoms with Crippen molar-refractivity contribution in [3.63, 3.8) is 0 Å². The molecule has 130 valence electrons. The summed E-state index contributed by atoms with van der Waals surface area (Å²) >= 11 is 0. The Labute approximate surface area is 147 Å². The molecule has 0 aromatic heterocycles. The summed E-state index contributed by atoms with van der Waals surface area (Å²) in [6.07, 6.45) is 0.824. The van der Waals surface area contributed by atoms with Gasteiger partial charge in [0, 0.05) is 5.69 Å². The first-order valence-corrected chi connectivity index (χ1v) is 8.46. The number of nitrogens with zero attached hydrogens (tertiary/aromatic N) is 1. The molecule has 0 fully saturated rings. The van der Waals surface area contributed by atoms with E-state index in [1.54, 1.807) is 19.1 Å². The second-order valence-electron chi connectivity index (χ2n) is 6.15. The van der Waals surface area contributed by atoms with E-state index in [9.17, 15) is 9.59 Å². The minimum absolute atomic E-state index is 0.0563. The number of carbonyl (C=O) groups is 2. The van der Waals surface area contributed by atoms with E-state index in [1.807, 2.05) is 37.3 Å². The zero-order valence-electron chi connectivity index (χ0n) is 14.7. The smallest absolute Gasteiger partial charge is 0.265 e. The third kappa shape index (κ3) is 3.22.